The molecule has 1 heterocycles. The Morgan fingerprint density at radius 3 is 3.00 bits per heavy atom. The Morgan fingerprint density at radius 1 is 1.56 bits per heavy atom. The molecule has 2 rings (SSSR count). The second-order valence-corrected chi connectivity index (χ2v) is 4.65. The molecule has 0 aliphatic heterocycles. The van der Waals surface area contributed by atoms with Crippen molar-refractivity contribution in [3.63, 3.8) is 0 Å². The standard InChI is InChI=1S/C13H17N3/c1-16(9-11-3-2-4-11)10-12-5-6-15-13(7-12)8-14/h5-7,11H,2-4,9-10H2,1H3. The van der Waals surface area contributed by atoms with Crippen LogP contribution in [0.15, 0.2) is 18.3 Å². The third kappa shape index (κ3) is 2.80. The fourth-order valence-electron chi connectivity index (χ4n) is 2.13. The second kappa shape index (κ2) is 5.09. The SMILES string of the molecule is CN(Cc1ccnc(C#N)c1)CC1CCC1. The molecule has 0 atom stereocenters. The fourth-order valence-corrected chi connectivity index (χ4v) is 2.13. The zero-order valence-electron chi connectivity index (χ0n) is 9.69. The molecule has 0 amide bonds. The van der Waals surface area contributed by atoms with Crippen LogP contribution in [-0.2, 0) is 6.54 Å². The summed E-state index contributed by atoms with van der Waals surface area (Å²) in [6.07, 6.45) is 5.87. The molecule has 0 saturated heterocycles. The molecular formula is C13H17N3. The first kappa shape index (κ1) is 11.1. The normalized spacial score (nSPS) is 15.8. The van der Waals surface area contributed by atoms with Gasteiger partial charge in [-0.15, -0.1) is 0 Å². The van der Waals surface area contributed by atoms with Gasteiger partial charge < -0.3 is 4.90 Å². The van der Waals surface area contributed by atoms with Crippen molar-refractivity contribution in [3.05, 3.63) is 29.6 Å². The quantitative estimate of drug-likeness (QED) is 0.773. The number of pyridine rings is 1. The maximum absolute atomic E-state index is 8.76. The molecule has 16 heavy (non-hydrogen) atoms. The highest BCUT2D eigenvalue weighted by Gasteiger charge is 2.18. The van der Waals surface area contributed by atoms with Crippen molar-refractivity contribution < 1.29 is 0 Å². The Morgan fingerprint density at radius 2 is 2.38 bits per heavy atom. The molecule has 0 N–H and O–H groups in total. The zero-order chi connectivity index (χ0) is 11.4. The van der Waals surface area contributed by atoms with E-state index in [0.29, 0.717) is 5.69 Å². The molecule has 0 spiro atoms. The Kier molecular flexibility index (Phi) is 3.53. The summed E-state index contributed by atoms with van der Waals surface area (Å²) < 4.78 is 0. The maximum atomic E-state index is 8.76. The largest absolute Gasteiger partial charge is 0.302 e. The minimum atomic E-state index is 0.509. The highest BCUT2D eigenvalue weighted by Crippen LogP contribution is 2.27. The summed E-state index contributed by atoms with van der Waals surface area (Å²) in [6, 6.07) is 5.93. The lowest BCUT2D eigenvalue weighted by Gasteiger charge is -2.30. The van der Waals surface area contributed by atoms with Gasteiger partial charge in [0.1, 0.15) is 11.8 Å². The van der Waals surface area contributed by atoms with Crippen LogP contribution in [0.2, 0.25) is 0 Å². The molecule has 84 valence electrons. The number of hydrogen-bond acceptors (Lipinski definition) is 3. The smallest absolute Gasteiger partial charge is 0.140 e. The van der Waals surface area contributed by atoms with Crippen molar-refractivity contribution in [1.29, 1.82) is 5.26 Å². The van der Waals surface area contributed by atoms with Crippen molar-refractivity contribution >= 4 is 0 Å². The highest BCUT2D eigenvalue weighted by molar-refractivity contribution is 5.25. The van der Waals surface area contributed by atoms with Gasteiger partial charge in [0.25, 0.3) is 0 Å². The summed E-state index contributed by atoms with van der Waals surface area (Å²) in [5.74, 6) is 0.891. The number of rotatable bonds is 4. The number of hydrogen-bond donors (Lipinski definition) is 0. The Bertz CT molecular complexity index is 390. The van der Waals surface area contributed by atoms with Gasteiger partial charge in [-0.2, -0.15) is 5.26 Å². The van der Waals surface area contributed by atoms with Crippen LogP contribution in [0.4, 0.5) is 0 Å². The third-order valence-corrected chi connectivity index (χ3v) is 3.19. The summed E-state index contributed by atoms with van der Waals surface area (Å²) in [5, 5.41) is 8.76. The summed E-state index contributed by atoms with van der Waals surface area (Å²) in [6.45, 7) is 2.08. The molecule has 3 nitrogen and oxygen atoms in total. The lowest BCUT2D eigenvalue weighted by Crippen LogP contribution is -2.29. The van der Waals surface area contributed by atoms with Crippen LogP contribution in [0.5, 0.6) is 0 Å². The van der Waals surface area contributed by atoms with E-state index in [0.717, 1.165) is 12.5 Å². The van der Waals surface area contributed by atoms with Crippen LogP contribution in [0.25, 0.3) is 0 Å². The van der Waals surface area contributed by atoms with E-state index in [2.05, 4.69) is 23.0 Å². The number of nitrogens with zero attached hydrogens (tertiary/aromatic N) is 3. The zero-order valence-corrected chi connectivity index (χ0v) is 9.69. The minimum absolute atomic E-state index is 0.509. The predicted octanol–water partition coefficient (Wildman–Crippen LogP) is 2.19. The monoisotopic (exact) mass is 215 g/mol. The van der Waals surface area contributed by atoms with E-state index >= 15 is 0 Å². The second-order valence-electron chi connectivity index (χ2n) is 4.65. The molecule has 0 bridgehead atoms. The Hall–Kier alpha value is -1.40. The van der Waals surface area contributed by atoms with E-state index in [1.807, 2.05) is 12.1 Å². The summed E-state index contributed by atoms with van der Waals surface area (Å²) in [7, 11) is 2.14. The predicted molar refractivity (Wildman–Crippen MR) is 62.6 cm³/mol. The fraction of sp³-hybridized carbons (Fsp3) is 0.538. The van der Waals surface area contributed by atoms with Crippen LogP contribution < -0.4 is 0 Å². The van der Waals surface area contributed by atoms with Gasteiger partial charge in [0.2, 0.25) is 0 Å². The first-order valence-corrected chi connectivity index (χ1v) is 5.81. The summed E-state index contributed by atoms with van der Waals surface area (Å²) >= 11 is 0. The van der Waals surface area contributed by atoms with Gasteiger partial charge in [0.05, 0.1) is 0 Å². The molecule has 0 unspecified atom stereocenters. The molecule has 1 fully saturated rings. The molecule has 1 aromatic rings. The number of aromatic nitrogens is 1. The molecule has 0 radical (unpaired) electrons. The van der Waals surface area contributed by atoms with Gasteiger partial charge >= 0.3 is 0 Å². The maximum Gasteiger partial charge on any atom is 0.140 e. The summed E-state index contributed by atoms with van der Waals surface area (Å²) in [4.78, 5) is 6.31. The van der Waals surface area contributed by atoms with Gasteiger partial charge in [-0.25, -0.2) is 4.98 Å². The van der Waals surface area contributed by atoms with Crippen LogP contribution in [0.3, 0.4) is 0 Å². The van der Waals surface area contributed by atoms with Crippen LogP contribution in [-0.4, -0.2) is 23.5 Å². The van der Waals surface area contributed by atoms with Gasteiger partial charge in [-0.1, -0.05) is 6.42 Å². The van der Waals surface area contributed by atoms with Gasteiger partial charge in [0.15, 0.2) is 0 Å². The third-order valence-electron chi connectivity index (χ3n) is 3.19. The van der Waals surface area contributed by atoms with E-state index in [4.69, 9.17) is 5.26 Å². The van der Waals surface area contributed by atoms with Crippen molar-refractivity contribution in [2.45, 2.75) is 25.8 Å². The lowest BCUT2D eigenvalue weighted by atomic mass is 9.85. The molecule has 1 aliphatic rings. The van der Waals surface area contributed by atoms with Crippen molar-refractivity contribution in [2.24, 2.45) is 5.92 Å². The Balaban J connectivity index is 1.89. The highest BCUT2D eigenvalue weighted by atomic mass is 15.1. The average Bonchev–Trinajstić information content (AvgIpc) is 2.24. The van der Waals surface area contributed by atoms with Gasteiger partial charge in [-0.3, -0.25) is 0 Å². The molecule has 1 aliphatic carbocycles. The molecule has 3 heteroatoms. The average molecular weight is 215 g/mol. The van der Waals surface area contributed by atoms with E-state index in [-0.39, 0.29) is 0 Å². The molecule has 1 saturated carbocycles. The summed E-state index contributed by atoms with van der Waals surface area (Å²) in [5.41, 5.74) is 1.68. The molecule has 1 aromatic heterocycles. The van der Waals surface area contributed by atoms with E-state index in [9.17, 15) is 0 Å². The van der Waals surface area contributed by atoms with Crippen molar-refractivity contribution in [2.75, 3.05) is 13.6 Å². The first-order chi connectivity index (χ1) is 7.78. The minimum Gasteiger partial charge on any atom is -0.302 e. The number of nitriles is 1. The van der Waals surface area contributed by atoms with Crippen molar-refractivity contribution in [1.82, 2.24) is 9.88 Å². The molecule has 0 aromatic carbocycles. The Labute approximate surface area is 96.7 Å². The van der Waals surface area contributed by atoms with Crippen LogP contribution >= 0.6 is 0 Å². The van der Waals surface area contributed by atoms with Crippen LogP contribution in [0.1, 0.15) is 30.5 Å². The first-order valence-electron chi connectivity index (χ1n) is 5.81. The lowest BCUT2D eigenvalue weighted by molar-refractivity contribution is 0.200. The van der Waals surface area contributed by atoms with Gasteiger partial charge in [-0.05, 0) is 43.5 Å². The van der Waals surface area contributed by atoms with E-state index in [1.165, 1.54) is 31.4 Å². The van der Waals surface area contributed by atoms with E-state index < -0.39 is 0 Å². The van der Waals surface area contributed by atoms with Crippen LogP contribution in [0, 0.1) is 17.2 Å². The van der Waals surface area contributed by atoms with Crippen molar-refractivity contribution in [3.8, 4) is 6.07 Å². The molecular weight excluding hydrogens is 198 g/mol. The topological polar surface area (TPSA) is 39.9 Å². The van der Waals surface area contributed by atoms with Gasteiger partial charge in [0, 0.05) is 19.3 Å². The van der Waals surface area contributed by atoms with E-state index in [1.54, 1.807) is 6.20 Å².